The van der Waals surface area contributed by atoms with E-state index < -0.39 is 5.91 Å². The molecule has 1 heterocycles. The summed E-state index contributed by atoms with van der Waals surface area (Å²) in [6, 6.07) is 7.59. The summed E-state index contributed by atoms with van der Waals surface area (Å²) >= 11 is 0. The van der Waals surface area contributed by atoms with Gasteiger partial charge >= 0.3 is 0 Å². The minimum Gasteiger partial charge on any atom is -0.366 e. The number of benzene rings is 1. The maximum absolute atomic E-state index is 11.9. The van der Waals surface area contributed by atoms with Crippen LogP contribution in [-0.4, -0.2) is 21.6 Å². The molecule has 0 aliphatic rings. The molecule has 1 aromatic heterocycles. The van der Waals surface area contributed by atoms with Crippen LogP contribution in [0, 0.1) is 13.8 Å². The number of carbonyl (C=O) groups excluding carboxylic acids is 2. The fourth-order valence-electron chi connectivity index (χ4n) is 1.84. The van der Waals surface area contributed by atoms with Crippen LogP contribution in [0.5, 0.6) is 0 Å². The van der Waals surface area contributed by atoms with Crippen molar-refractivity contribution in [2.75, 3.05) is 5.32 Å². The van der Waals surface area contributed by atoms with Gasteiger partial charge in [0.25, 0.3) is 5.56 Å². The predicted octanol–water partition coefficient (Wildman–Crippen LogP) is 0.598. The van der Waals surface area contributed by atoms with E-state index in [0.29, 0.717) is 16.9 Å². The SMILES string of the molecule is Cc1cc(=O)n(CC(=O)Nc2ccc(C(N)=O)cc2)nc1C. The zero-order valence-electron chi connectivity index (χ0n) is 12.3. The highest BCUT2D eigenvalue weighted by Crippen LogP contribution is 2.09. The van der Waals surface area contributed by atoms with Crippen molar-refractivity contribution in [1.82, 2.24) is 9.78 Å². The van der Waals surface area contributed by atoms with Crippen LogP contribution < -0.4 is 16.6 Å². The molecule has 0 atom stereocenters. The molecule has 2 amide bonds. The van der Waals surface area contributed by atoms with Crippen LogP contribution in [0.25, 0.3) is 0 Å². The van der Waals surface area contributed by atoms with Gasteiger partial charge < -0.3 is 11.1 Å². The van der Waals surface area contributed by atoms with Crippen molar-refractivity contribution < 1.29 is 9.59 Å². The first-order valence-corrected chi connectivity index (χ1v) is 6.62. The van der Waals surface area contributed by atoms with Crippen LogP contribution in [0.2, 0.25) is 0 Å². The number of hydrogen-bond acceptors (Lipinski definition) is 4. The molecule has 0 spiro atoms. The van der Waals surface area contributed by atoms with Crippen LogP contribution in [0.3, 0.4) is 0 Å². The highest BCUT2D eigenvalue weighted by molar-refractivity contribution is 5.94. The van der Waals surface area contributed by atoms with Crippen LogP contribution in [0.15, 0.2) is 35.1 Å². The van der Waals surface area contributed by atoms with Gasteiger partial charge in [0.1, 0.15) is 6.54 Å². The second-order valence-electron chi connectivity index (χ2n) is 4.90. The second-order valence-corrected chi connectivity index (χ2v) is 4.90. The lowest BCUT2D eigenvalue weighted by Gasteiger charge is -2.08. The van der Waals surface area contributed by atoms with E-state index in [-0.39, 0.29) is 18.0 Å². The maximum atomic E-state index is 11.9. The summed E-state index contributed by atoms with van der Waals surface area (Å²) in [6.45, 7) is 3.37. The Balaban J connectivity index is 2.08. The van der Waals surface area contributed by atoms with Gasteiger partial charge in [-0.05, 0) is 43.7 Å². The molecule has 0 bridgehead atoms. The number of hydrogen-bond donors (Lipinski definition) is 2. The van der Waals surface area contributed by atoms with Crippen LogP contribution in [0.1, 0.15) is 21.6 Å². The lowest BCUT2D eigenvalue weighted by atomic mass is 10.2. The number of amides is 2. The van der Waals surface area contributed by atoms with Gasteiger partial charge in [-0.1, -0.05) is 0 Å². The fourth-order valence-corrected chi connectivity index (χ4v) is 1.84. The first-order chi connectivity index (χ1) is 10.4. The Morgan fingerprint density at radius 1 is 1.23 bits per heavy atom. The van der Waals surface area contributed by atoms with E-state index in [4.69, 9.17) is 5.73 Å². The van der Waals surface area contributed by atoms with Crippen molar-refractivity contribution >= 4 is 17.5 Å². The van der Waals surface area contributed by atoms with E-state index in [1.54, 1.807) is 26.0 Å². The molecule has 0 saturated heterocycles. The molecule has 0 fully saturated rings. The number of anilines is 1. The van der Waals surface area contributed by atoms with Crippen molar-refractivity contribution in [2.45, 2.75) is 20.4 Å². The van der Waals surface area contributed by atoms with Crippen molar-refractivity contribution in [1.29, 1.82) is 0 Å². The van der Waals surface area contributed by atoms with Gasteiger partial charge in [0, 0.05) is 17.3 Å². The second kappa shape index (κ2) is 6.21. The van der Waals surface area contributed by atoms with E-state index in [0.717, 1.165) is 10.2 Å². The van der Waals surface area contributed by atoms with E-state index in [1.165, 1.54) is 18.2 Å². The first kappa shape index (κ1) is 15.4. The Bertz CT molecular complexity index is 778. The molecule has 7 nitrogen and oxygen atoms in total. The normalized spacial score (nSPS) is 10.3. The number of nitrogens with one attached hydrogen (secondary N) is 1. The van der Waals surface area contributed by atoms with Crippen molar-refractivity contribution in [3.05, 3.63) is 57.5 Å². The molecule has 0 aliphatic heterocycles. The molecule has 114 valence electrons. The van der Waals surface area contributed by atoms with Crippen molar-refractivity contribution in [3.8, 4) is 0 Å². The van der Waals surface area contributed by atoms with Crippen molar-refractivity contribution in [3.63, 3.8) is 0 Å². The smallest absolute Gasteiger partial charge is 0.267 e. The quantitative estimate of drug-likeness (QED) is 0.862. The minimum absolute atomic E-state index is 0.183. The molecular weight excluding hydrogens is 284 g/mol. The number of nitrogens with two attached hydrogens (primary N) is 1. The number of primary amides is 1. The van der Waals surface area contributed by atoms with E-state index in [9.17, 15) is 14.4 Å². The number of nitrogens with zero attached hydrogens (tertiary/aromatic N) is 2. The number of aromatic nitrogens is 2. The molecule has 3 N–H and O–H groups in total. The third-order valence-corrected chi connectivity index (χ3v) is 3.18. The van der Waals surface area contributed by atoms with Gasteiger partial charge in [0.15, 0.2) is 0 Å². The Morgan fingerprint density at radius 3 is 2.45 bits per heavy atom. The Morgan fingerprint density at radius 2 is 1.86 bits per heavy atom. The van der Waals surface area contributed by atoms with Crippen molar-refractivity contribution in [2.24, 2.45) is 5.73 Å². The predicted molar refractivity (Wildman–Crippen MR) is 81.6 cm³/mol. The standard InChI is InChI=1S/C15H16N4O3/c1-9-7-14(21)19(18-10(9)2)8-13(20)17-12-5-3-11(4-6-12)15(16)22/h3-7H,8H2,1-2H3,(H2,16,22)(H,17,20). The summed E-state index contributed by atoms with van der Waals surface area (Å²) in [6.07, 6.45) is 0. The monoisotopic (exact) mass is 300 g/mol. The molecule has 1 aromatic carbocycles. The van der Waals surface area contributed by atoms with Crippen LogP contribution in [0.4, 0.5) is 5.69 Å². The molecule has 0 radical (unpaired) electrons. The summed E-state index contributed by atoms with van der Waals surface area (Å²) in [5, 5.41) is 6.70. The summed E-state index contributed by atoms with van der Waals surface area (Å²) in [7, 11) is 0. The summed E-state index contributed by atoms with van der Waals surface area (Å²) < 4.78 is 1.11. The molecule has 0 unspecified atom stereocenters. The molecule has 0 aliphatic carbocycles. The number of aryl methyl sites for hydroxylation is 2. The largest absolute Gasteiger partial charge is 0.366 e. The van der Waals surface area contributed by atoms with E-state index >= 15 is 0 Å². The van der Waals surface area contributed by atoms with Gasteiger partial charge in [-0.25, -0.2) is 4.68 Å². The van der Waals surface area contributed by atoms with Gasteiger partial charge in [-0.15, -0.1) is 0 Å². The average Bonchev–Trinajstić information content (AvgIpc) is 2.45. The lowest BCUT2D eigenvalue weighted by Crippen LogP contribution is -2.30. The van der Waals surface area contributed by atoms with Crippen LogP contribution in [-0.2, 0) is 11.3 Å². The maximum Gasteiger partial charge on any atom is 0.267 e. The highest BCUT2D eigenvalue weighted by atomic mass is 16.2. The lowest BCUT2D eigenvalue weighted by molar-refractivity contribution is -0.117. The Kier molecular flexibility index (Phi) is 4.36. The number of rotatable bonds is 4. The summed E-state index contributed by atoms with van der Waals surface area (Å²) in [5.74, 6) is -0.923. The molecule has 2 rings (SSSR count). The third kappa shape index (κ3) is 3.57. The van der Waals surface area contributed by atoms with Gasteiger partial charge in [-0.3, -0.25) is 14.4 Å². The van der Waals surface area contributed by atoms with Gasteiger partial charge in [0.2, 0.25) is 11.8 Å². The first-order valence-electron chi connectivity index (χ1n) is 6.62. The zero-order valence-corrected chi connectivity index (χ0v) is 12.3. The van der Waals surface area contributed by atoms with Gasteiger partial charge in [0.05, 0.1) is 5.69 Å². The molecule has 2 aromatic rings. The molecule has 7 heteroatoms. The summed E-state index contributed by atoms with van der Waals surface area (Å²) in [4.78, 5) is 34.7. The minimum atomic E-state index is -0.538. The average molecular weight is 300 g/mol. The van der Waals surface area contributed by atoms with Gasteiger partial charge in [-0.2, -0.15) is 5.10 Å². The number of carbonyl (C=O) groups is 2. The Hall–Kier alpha value is -2.96. The molecule has 22 heavy (non-hydrogen) atoms. The third-order valence-electron chi connectivity index (χ3n) is 3.18. The fraction of sp³-hybridized carbons (Fsp3) is 0.200. The topological polar surface area (TPSA) is 107 Å². The molecule has 0 saturated carbocycles. The molecular formula is C15H16N4O3. The highest BCUT2D eigenvalue weighted by Gasteiger charge is 2.08. The van der Waals surface area contributed by atoms with E-state index in [1.807, 2.05) is 0 Å². The van der Waals surface area contributed by atoms with E-state index in [2.05, 4.69) is 10.4 Å². The van der Waals surface area contributed by atoms with Crippen LogP contribution >= 0.6 is 0 Å². The Labute approximate surface area is 126 Å². The summed E-state index contributed by atoms with van der Waals surface area (Å²) in [5.41, 5.74) is 7.14. The zero-order chi connectivity index (χ0) is 16.3.